The quantitative estimate of drug-likeness (QED) is 0.462. The largest absolute Gasteiger partial charge is 0.495 e. The fourth-order valence-corrected chi connectivity index (χ4v) is 5.65. The second kappa shape index (κ2) is 8.73. The van der Waals surface area contributed by atoms with Crippen molar-refractivity contribution >= 4 is 35.2 Å². The first-order valence-corrected chi connectivity index (χ1v) is 10.6. The van der Waals surface area contributed by atoms with Crippen LogP contribution in [0.5, 0.6) is 5.75 Å². The smallest absolute Gasteiger partial charge is 0.142 e. The van der Waals surface area contributed by atoms with E-state index in [4.69, 9.17) is 4.74 Å². The van der Waals surface area contributed by atoms with Crippen molar-refractivity contribution in [1.29, 1.82) is 0 Å². The van der Waals surface area contributed by atoms with E-state index in [9.17, 15) is 0 Å². The second-order valence-electron chi connectivity index (χ2n) is 6.35. The summed E-state index contributed by atoms with van der Waals surface area (Å²) < 4.78 is 5.53. The lowest BCUT2D eigenvalue weighted by Crippen LogP contribution is -2.22. The molecular formula is C25H22NOP. The Morgan fingerprint density at radius 1 is 0.571 bits per heavy atom. The van der Waals surface area contributed by atoms with E-state index in [0.29, 0.717) is 0 Å². The van der Waals surface area contributed by atoms with E-state index in [1.165, 1.54) is 15.9 Å². The summed E-state index contributed by atoms with van der Waals surface area (Å²) in [6.45, 7) is 0. The summed E-state index contributed by atoms with van der Waals surface area (Å²) >= 11 is 0. The molecule has 0 aromatic heterocycles. The zero-order valence-electron chi connectivity index (χ0n) is 15.7. The number of nitrogens with one attached hydrogen (secondary N) is 1. The molecule has 4 rings (SSSR count). The Morgan fingerprint density at radius 3 is 1.68 bits per heavy atom. The lowest BCUT2D eigenvalue weighted by atomic mass is 10.2. The van der Waals surface area contributed by atoms with Gasteiger partial charge in [0.1, 0.15) is 5.75 Å². The number of anilines is 2. The van der Waals surface area contributed by atoms with Crippen molar-refractivity contribution in [2.75, 3.05) is 12.4 Å². The van der Waals surface area contributed by atoms with Crippen molar-refractivity contribution in [2.24, 2.45) is 0 Å². The third-order valence-electron chi connectivity index (χ3n) is 4.55. The van der Waals surface area contributed by atoms with Crippen LogP contribution >= 0.6 is 7.92 Å². The van der Waals surface area contributed by atoms with E-state index in [2.05, 4.69) is 90.2 Å². The van der Waals surface area contributed by atoms with Crippen LogP contribution in [0.3, 0.4) is 0 Å². The summed E-state index contributed by atoms with van der Waals surface area (Å²) in [7, 11) is 1.02. The van der Waals surface area contributed by atoms with Crippen molar-refractivity contribution in [2.45, 2.75) is 0 Å². The summed E-state index contributed by atoms with van der Waals surface area (Å²) in [4.78, 5) is 0. The molecule has 0 atom stereocenters. The van der Waals surface area contributed by atoms with Gasteiger partial charge in [-0.1, -0.05) is 91.0 Å². The molecule has 0 saturated heterocycles. The molecule has 4 aromatic carbocycles. The van der Waals surface area contributed by atoms with Crippen molar-refractivity contribution in [3.05, 3.63) is 109 Å². The van der Waals surface area contributed by atoms with Gasteiger partial charge in [-0.15, -0.1) is 0 Å². The van der Waals surface area contributed by atoms with Gasteiger partial charge in [0.05, 0.1) is 12.8 Å². The molecule has 0 spiro atoms. The fraction of sp³-hybridized carbons (Fsp3) is 0.0400. The maximum atomic E-state index is 5.53. The lowest BCUT2D eigenvalue weighted by molar-refractivity contribution is 0.417. The standard InChI is InChI=1S/C25H22NOP/c1-27-24-18-10-8-16-22(24)26-23-17-9-11-19-25(23)28(20-12-4-2-5-13-20)21-14-6-3-7-15-21/h2-19,26H,1H3. The van der Waals surface area contributed by atoms with Crippen LogP contribution < -0.4 is 26.0 Å². The predicted molar refractivity (Wildman–Crippen MR) is 121 cm³/mol. The Morgan fingerprint density at radius 2 is 1.07 bits per heavy atom. The zero-order chi connectivity index (χ0) is 19.2. The summed E-state index contributed by atoms with van der Waals surface area (Å²) in [6.07, 6.45) is 0. The number of methoxy groups -OCH3 is 1. The van der Waals surface area contributed by atoms with E-state index in [1.807, 2.05) is 24.3 Å². The molecule has 0 aliphatic carbocycles. The Labute approximate surface area is 167 Å². The van der Waals surface area contributed by atoms with Gasteiger partial charge in [-0.3, -0.25) is 0 Å². The molecule has 3 heteroatoms. The van der Waals surface area contributed by atoms with Crippen molar-refractivity contribution in [3.63, 3.8) is 0 Å². The van der Waals surface area contributed by atoms with Gasteiger partial charge in [-0.05, 0) is 36.7 Å². The van der Waals surface area contributed by atoms with Crippen molar-refractivity contribution < 1.29 is 4.74 Å². The van der Waals surface area contributed by atoms with Crippen molar-refractivity contribution in [3.8, 4) is 5.75 Å². The van der Waals surface area contributed by atoms with Crippen LogP contribution in [0, 0.1) is 0 Å². The number of rotatable bonds is 6. The third-order valence-corrected chi connectivity index (χ3v) is 7.05. The molecule has 4 aromatic rings. The molecule has 0 heterocycles. The van der Waals surface area contributed by atoms with Gasteiger partial charge in [0.15, 0.2) is 0 Å². The number of ether oxygens (including phenoxy) is 1. The molecule has 0 bridgehead atoms. The Hall–Kier alpha value is -3.09. The number of benzene rings is 4. The van der Waals surface area contributed by atoms with Gasteiger partial charge in [0.25, 0.3) is 0 Å². The molecule has 0 fully saturated rings. The van der Waals surface area contributed by atoms with Crippen LogP contribution in [0.4, 0.5) is 11.4 Å². The van der Waals surface area contributed by atoms with Crippen LogP contribution in [0.25, 0.3) is 0 Å². The van der Waals surface area contributed by atoms with Crippen LogP contribution in [-0.2, 0) is 0 Å². The number of hydrogen-bond acceptors (Lipinski definition) is 2. The average Bonchev–Trinajstić information content (AvgIpc) is 2.77. The summed E-state index contributed by atoms with van der Waals surface area (Å²) in [5, 5.41) is 7.56. The molecule has 1 N–H and O–H groups in total. The monoisotopic (exact) mass is 383 g/mol. The molecule has 0 unspecified atom stereocenters. The van der Waals surface area contributed by atoms with Gasteiger partial charge in [-0.2, -0.15) is 0 Å². The Bertz CT molecular complexity index is 995. The molecule has 0 saturated carbocycles. The first-order valence-electron chi connectivity index (χ1n) is 9.26. The summed E-state index contributed by atoms with van der Waals surface area (Å²) in [6, 6.07) is 38.1. The van der Waals surface area contributed by atoms with E-state index in [-0.39, 0.29) is 0 Å². The maximum absolute atomic E-state index is 5.53. The average molecular weight is 383 g/mol. The molecule has 28 heavy (non-hydrogen) atoms. The van der Waals surface area contributed by atoms with Crippen LogP contribution in [0.15, 0.2) is 109 Å². The molecule has 2 nitrogen and oxygen atoms in total. The number of para-hydroxylation sites is 3. The topological polar surface area (TPSA) is 21.3 Å². The van der Waals surface area contributed by atoms with E-state index in [0.717, 1.165) is 17.1 Å². The maximum Gasteiger partial charge on any atom is 0.142 e. The molecule has 0 aliphatic heterocycles. The lowest BCUT2D eigenvalue weighted by Gasteiger charge is -2.23. The highest BCUT2D eigenvalue weighted by atomic mass is 31.1. The first-order chi connectivity index (χ1) is 13.9. The molecule has 0 radical (unpaired) electrons. The zero-order valence-corrected chi connectivity index (χ0v) is 16.6. The SMILES string of the molecule is COc1ccccc1Nc1ccccc1P(c1ccccc1)c1ccccc1. The Balaban J connectivity index is 1.82. The van der Waals surface area contributed by atoms with Gasteiger partial charge < -0.3 is 10.1 Å². The highest BCUT2D eigenvalue weighted by Gasteiger charge is 2.19. The molecule has 0 amide bonds. The summed E-state index contributed by atoms with van der Waals surface area (Å²) in [5.74, 6) is 0.834. The highest BCUT2D eigenvalue weighted by Crippen LogP contribution is 2.37. The minimum Gasteiger partial charge on any atom is -0.495 e. The second-order valence-corrected chi connectivity index (χ2v) is 8.53. The minimum absolute atomic E-state index is 0.680. The van der Waals surface area contributed by atoms with E-state index < -0.39 is 7.92 Å². The van der Waals surface area contributed by atoms with Crippen LogP contribution in [0.1, 0.15) is 0 Å². The molecular weight excluding hydrogens is 361 g/mol. The van der Waals surface area contributed by atoms with E-state index in [1.54, 1.807) is 7.11 Å². The summed E-state index contributed by atoms with van der Waals surface area (Å²) in [5.41, 5.74) is 2.07. The molecule has 138 valence electrons. The van der Waals surface area contributed by atoms with Gasteiger partial charge in [-0.25, -0.2) is 0 Å². The van der Waals surface area contributed by atoms with Gasteiger partial charge >= 0.3 is 0 Å². The van der Waals surface area contributed by atoms with Crippen LogP contribution in [-0.4, -0.2) is 7.11 Å². The normalized spacial score (nSPS) is 10.6. The van der Waals surface area contributed by atoms with E-state index >= 15 is 0 Å². The fourth-order valence-electron chi connectivity index (χ4n) is 3.25. The first kappa shape index (κ1) is 18.3. The highest BCUT2D eigenvalue weighted by molar-refractivity contribution is 7.80. The Kier molecular flexibility index (Phi) is 5.70. The predicted octanol–water partition coefficient (Wildman–Crippen LogP) is 5.20. The molecule has 0 aliphatic rings. The van der Waals surface area contributed by atoms with Crippen LogP contribution in [0.2, 0.25) is 0 Å². The van der Waals surface area contributed by atoms with Gasteiger partial charge in [0, 0.05) is 11.0 Å². The van der Waals surface area contributed by atoms with Crippen molar-refractivity contribution in [1.82, 2.24) is 0 Å². The third kappa shape index (κ3) is 3.93. The number of hydrogen-bond donors (Lipinski definition) is 1. The minimum atomic E-state index is -0.680. The van der Waals surface area contributed by atoms with Gasteiger partial charge in [0.2, 0.25) is 0 Å².